The van der Waals surface area contributed by atoms with Gasteiger partial charge < -0.3 is 5.73 Å². The molecule has 1 aromatic rings. The molecule has 2 nitrogen and oxygen atoms in total. The topological polar surface area (TPSA) is 43.1 Å². The molecular weight excluding hydrogens is 174 g/mol. The minimum absolute atomic E-state index is 0.0799. The maximum Gasteiger partial charge on any atom is 0.144 e. The summed E-state index contributed by atoms with van der Waals surface area (Å²) >= 11 is 0. The summed E-state index contributed by atoms with van der Waals surface area (Å²) in [6.07, 6.45) is 2.12. The molecule has 0 saturated heterocycles. The van der Waals surface area contributed by atoms with E-state index in [2.05, 4.69) is 0 Å². The van der Waals surface area contributed by atoms with Crippen LogP contribution < -0.4 is 5.73 Å². The van der Waals surface area contributed by atoms with Crippen molar-refractivity contribution in [2.45, 2.75) is 18.8 Å². The predicted octanol–water partition coefficient (Wildman–Crippen LogP) is 1.71. The van der Waals surface area contributed by atoms with E-state index < -0.39 is 0 Å². The highest BCUT2D eigenvalue weighted by Crippen LogP contribution is 2.35. The van der Waals surface area contributed by atoms with Crippen LogP contribution in [0.5, 0.6) is 0 Å². The summed E-state index contributed by atoms with van der Waals surface area (Å²) in [6, 6.07) is 9.84. The monoisotopic (exact) mass is 189 g/mol. The number of ketones is 1. The van der Waals surface area contributed by atoms with Gasteiger partial charge in [0.05, 0.1) is 5.92 Å². The van der Waals surface area contributed by atoms with E-state index in [-0.39, 0.29) is 5.92 Å². The molecule has 0 heterocycles. The molecule has 0 aliphatic heterocycles. The first-order valence-corrected chi connectivity index (χ1v) is 5.11. The van der Waals surface area contributed by atoms with Crippen LogP contribution in [0.25, 0.3) is 0 Å². The Balaban J connectivity index is 2.16. The SMILES string of the molecule is NCC(C(=O)C1CC1)c1ccccc1. The van der Waals surface area contributed by atoms with Gasteiger partial charge in [0.15, 0.2) is 0 Å². The van der Waals surface area contributed by atoms with Crippen molar-refractivity contribution in [3.8, 4) is 0 Å². The van der Waals surface area contributed by atoms with Crippen LogP contribution in [-0.4, -0.2) is 12.3 Å². The second kappa shape index (κ2) is 3.93. The highest BCUT2D eigenvalue weighted by atomic mass is 16.1. The van der Waals surface area contributed by atoms with Gasteiger partial charge in [-0.3, -0.25) is 4.79 Å². The van der Waals surface area contributed by atoms with Crippen LogP contribution in [0.2, 0.25) is 0 Å². The van der Waals surface area contributed by atoms with Gasteiger partial charge >= 0.3 is 0 Å². The van der Waals surface area contributed by atoms with Gasteiger partial charge in [-0.25, -0.2) is 0 Å². The van der Waals surface area contributed by atoms with E-state index in [1.54, 1.807) is 0 Å². The Kier molecular flexibility index (Phi) is 2.64. The predicted molar refractivity (Wildman–Crippen MR) is 56.0 cm³/mol. The molecule has 0 spiro atoms. The third-order valence-electron chi connectivity index (χ3n) is 2.76. The fraction of sp³-hybridized carbons (Fsp3) is 0.417. The zero-order valence-electron chi connectivity index (χ0n) is 8.15. The Labute approximate surface area is 84.1 Å². The number of rotatable bonds is 4. The summed E-state index contributed by atoms with van der Waals surface area (Å²) in [7, 11) is 0. The van der Waals surface area contributed by atoms with Crippen LogP contribution in [0.15, 0.2) is 30.3 Å². The molecule has 1 atom stereocenters. The first kappa shape index (κ1) is 9.41. The Hall–Kier alpha value is -1.15. The first-order chi connectivity index (χ1) is 6.83. The molecule has 2 N–H and O–H groups in total. The molecule has 2 rings (SSSR count). The molecule has 2 heteroatoms. The lowest BCUT2D eigenvalue weighted by Gasteiger charge is -2.13. The Morgan fingerprint density at radius 2 is 2.00 bits per heavy atom. The Bertz CT molecular complexity index is 316. The van der Waals surface area contributed by atoms with E-state index >= 15 is 0 Å². The second-order valence-electron chi connectivity index (χ2n) is 3.88. The van der Waals surface area contributed by atoms with Crippen LogP contribution >= 0.6 is 0 Å². The number of carbonyl (C=O) groups is 1. The van der Waals surface area contributed by atoms with E-state index in [1.165, 1.54) is 0 Å². The molecule has 74 valence electrons. The van der Waals surface area contributed by atoms with Crippen molar-refractivity contribution in [2.75, 3.05) is 6.54 Å². The average Bonchev–Trinajstić information content (AvgIpc) is 3.03. The highest BCUT2D eigenvalue weighted by molar-refractivity contribution is 5.89. The zero-order valence-corrected chi connectivity index (χ0v) is 8.15. The van der Waals surface area contributed by atoms with Gasteiger partial charge in [-0.15, -0.1) is 0 Å². The molecular formula is C12H15NO. The molecule has 1 unspecified atom stereocenters. The van der Waals surface area contributed by atoms with Crippen molar-refractivity contribution in [1.82, 2.24) is 0 Å². The highest BCUT2D eigenvalue weighted by Gasteiger charge is 2.34. The molecule has 1 aromatic carbocycles. The van der Waals surface area contributed by atoms with E-state index in [0.717, 1.165) is 18.4 Å². The van der Waals surface area contributed by atoms with Crippen LogP contribution in [0.3, 0.4) is 0 Å². The summed E-state index contributed by atoms with van der Waals surface area (Å²) in [5.41, 5.74) is 6.71. The van der Waals surface area contributed by atoms with E-state index in [1.807, 2.05) is 30.3 Å². The Morgan fingerprint density at radius 1 is 1.36 bits per heavy atom. The number of Topliss-reactive ketones (excluding diaryl/α,β-unsaturated/α-hetero) is 1. The molecule has 0 bridgehead atoms. The lowest BCUT2D eigenvalue weighted by atomic mass is 9.92. The van der Waals surface area contributed by atoms with Crippen LogP contribution in [0.1, 0.15) is 24.3 Å². The van der Waals surface area contributed by atoms with Gasteiger partial charge in [0, 0.05) is 12.5 Å². The molecule has 14 heavy (non-hydrogen) atoms. The summed E-state index contributed by atoms with van der Waals surface area (Å²) in [5, 5.41) is 0. The van der Waals surface area contributed by atoms with Gasteiger partial charge in [-0.1, -0.05) is 30.3 Å². The third-order valence-corrected chi connectivity index (χ3v) is 2.76. The standard InChI is InChI=1S/C12H15NO/c13-8-11(12(14)10-6-7-10)9-4-2-1-3-5-9/h1-5,10-11H,6-8,13H2. The number of hydrogen-bond donors (Lipinski definition) is 1. The van der Waals surface area contributed by atoms with Gasteiger partial charge in [0.25, 0.3) is 0 Å². The molecule has 1 saturated carbocycles. The molecule has 1 fully saturated rings. The summed E-state index contributed by atoms with van der Waals surface area (Å²) in [4.78, 5) is 11.9. The van der Waals surface area contributed by atoms with Crippen molar-refractivity contribution >= 4 is 5.78 Å². The molecule has 1 aliphatic carbocycles. The van der Waals surface area contributed by atoms with Gasteiger partial charge in [0.2, 0.25) is 0 Å². The number of hydrogen-bond acceptors (Lipinski definition) is 2. The summed E-state index contributed by atoms with van der Waals surface area (Å²) in [6.45, 7) is 0.430. The number of nitrogens with two attached hydrogens (primary N) is 1. The fourth-order valence-corrected chi connectivity index (χ4v) is 1.75. The summed E-state index contributed by atoms with van der Waals surface area (Å²) < 4.78 is 0. The van der Waals surface area contributed by atoms with Crippen LogP contribution in [0, 0.1) is 5.92 Å². The maximum absolute atomic E-state index is 11.9. The quantitative estimate of drug-likeness (QED) is 0.783. The number of benzene rings is 1. The zero-order chi connectivity index (χ0) is 9.97. The molecule has 0 radical (unpaired) electrons. The minimum atomic E-state index is -0.0799. The average molecular weight is 189 g/mol. The third kappa shape index (κ3) is 1.85. The summed E-state index contributed by atoms with van der Waals surface area (Å²) in [5.74, 6) is 0.547. The molecule has 0 amide bonds. The minimum Gasteiger partial charge on any atom is -0.329 e. The lowest BCUT2D eigenvalue weighted by molar-refractivity contribution is -0.121. The molecule has 1 aliphatic rings. The van der Waals surface area contributed by atoms with Gasteiger partial charge in [0.1, 0.15) is 5.78 Å². The molecule has 0 aromatic heterocycles. The van der Waals surface area contributed by atoms with Gasteiger partial charge in [-0.2, -0.15) is 0 Å². The smallest absolute Gasteiger partial charge is 0.144 e. The van der Waals surface area contributed by atoms with Crippen molar-refractivity contribution < 1.29 is 4.79 Å². The largest absolute Gasteiger partial charge is 0.329 e. The van der Waals surface area contributed by atoms with Crippen molar-refractivity contribution in [1.29, 1.82) is 0 Å². The van der Waals surface area contributed by atoms with Crippen molar-refractivity contribution in [2.24, 2.45) is 11.7 Å². The van der Waals surface area contributed by atoms with Gasteiger partial charge in [-0.05, 0) is 18.4 Å². The van der Waals surface area contributed by atoms with E-state index in [0.29, 0.717) is 18.2 Å². The van der Waals surface area contributed by atoms with Crippen molar-refractivity contribution in [3.63, 3.8) is 0 Å². The normalized spacial score (nSPS) is 17.8. The fourth-order valence-electron chi connectivity index (χ4n) is 1.75. The van der Waals surface area contributed by atoms with Crippen LogP contribution in [-0.2, 0) is 4.79 Å². The lowest BCUT2D eigenvalue weighted by Crippen LogP contribution is -2.22. The Morgan fingerprint density at radius 3 is 2.50 bits per heavy atom. The maximum atomic E-state index is 11.9. The van der Waals surface area contributed by atoms with Crippen LogP contribution in [0.4, 0.5) is 0 Å². The van der Waals surface area contributed by atoms with E-state index in [4.69, 9.17) is 5.73 Å². The van der Waals surface area contributed by atoms with E-state index in [9.17, 15) is 4.79 Å². The van der Waals surface area contributed by atoms with Crippen molar-refractivity contribution in [3.05, 3.63) is 35.9 Å². The second-order valence-corrected chi connectivity index (χ2v) is 3.88. The first-order valence-electron chi connectivity index (χ1n) is 5.11. The number of carbonyl (C=O) groups excluding carboxylic acids is 1.